The predicted octanol–water partition coefficient (Wildman–Crippen LogP) is 0.441. The molecule has 13 heavy (non-hydrogen) atoms. The standard InChI is InChI=1S/C10H22N2O/c1-3-5-12-6-4-9(2)11-10(7-12)8-13/h9-11,13H,3-8H2,1-2H3. The van der Waals surface area contributed by atoms with Crippen molar-refractivity contribution in [3.05, 3.63) is 0 Å². The van der Waals surface area contributed by atoms with Crippen LogP contribution in [0.2, 0.25) is 0 Å². The number of hydrogen-bond donors (Lipinski definition) is 2. The molecule has 0 aromatic heterocycles. The average molecular weight is 186 g/mol. The fourth-order valence-electron chi connectivity index (χ4n) is 1.95. The zero-order valence-corrected chi connectivity index (χ0v) is 8.79. The van der Waals surface area contributed by atoms with Crippen LogP contribution in [0.3, 0.4) is 0 Å². The maximum Gasteiger partial charge on any atom is 0.0597 e. The van der Waals surface area contributed by atoms with E-state index in [9.17, 15) is 0 Å². The summed E-state index contributed by atoms with van der Waals surface area (Å²) in [6.45, 7) is 7.97. The largest absolute Gasteiger partial charge is 0.395 e. The van der Waals surface area contributed by atoms with E-state index in [1.165, 1.54) is 19.4 Å². The second-order valence-corrected chi connectivity index (χ2v) is 4.04. The van der Waals surface area contributed by atoms with Gasteiger partial charge in [-0.25, -0.2) is 0 Å². The van der Waals surface area contributed by atoms with Crippen LogP contribution in [-0.4, -0.2) is 48.3 Å². The highest BCUT2D eigenvalue weighted by atomic mass is 16.3. The van der Waals surface area contributed by atoms with Gasteiger partial charge in [0.05, 0.1) is 6.61 Å². The molecule has 3 heteroatoms. The Bertz CT molecular complexity index is 141. The van der Waals surface area contributed by atoms with Crippen molar-refractivity contribution in [1.29, 1.82) is 0 Å². The predicted molar refractivity (Wildman–Crippen MR) is 54.8 cm³/mol. The second-order valence-electron chi connectivity index (χ2n) is 4.04. The van der Waals surface area contributed by atoms with Gasteiger partial charge in [-0.15, -0.1) is 0 Å². The van der Waals surface area contributed by atoms with Gasteiger partial charge in [0.2, 0.25) is 0 Å². The summed E-state index contributed by atoms with van der Waals surface area (Å²) in [4.78, 5) is 2.44. The zero-order chi connectivity index (χ0) is 9.68. The Balaban J connectivity index is 2.41. The van der Waals surface area contributed by atoms with E-state index in [0.717, 1.165) is 13.1 Å². The van der Waals surface area contributed by atoms with Gasteiger partial charge >= 0.3 is 0 Å². The first-order valence-electron chi connectivity index (χ1n) is 5.35. The van der Waals surface area contributed by atoms with Crippen molar-refractivity contribution >= 4 is 0 Å². The molecule has 3 nitrogen and oxygen atoms in total. The molecule has 1 rings (SSSR count). The molecule has 0 spiro atoms. The number of aliphatic hydroxyl groups is 1. The molecular formula is C10H22N2O. The van der Waals surface area contributed by atoms with Crippen molar-refractivity contribution in [3.8, 4) is 0 Å². The van der Waals surface area contributed by atoms with Crippen LogP contribution in [0.4, 0.5) is 0 Å². The smallest absolute Gasteiger partial charge is 0.0597 e. The van der Waals surface area contributed by atoms with E-state index < -0.39 is 0 Å². The Hall–Kier alpha value is -0.120. The highest BCUT2D eigenvalue weighted by Gasteiger charge is 2.19. The van der Waals surface area contributed by atoms with Gasteiger partial charge in [-0.3, -0.25) is 0 Å². The average Bonchev–Trinajstić information content (AvgIpc) is 2.29. The summed E-state index contributed by atoms with van der Waals surface area (Å²) in [5.41, 5.74) is 0. The van der Waals surface area contributed by atoms with E-state index in [1.807, 2.05) is 0 Å². The summed E-state index contributed by atoms with van der Waals surface area (Å²) in [5.74, 6) is 0. The first kappa shape index (κ1) is 11.0. The fraction of sp³-hybridized carbons (Fsp3) is 1.00. The van der Waals surface area contributed by atoms with E-state index in [4.69, 9.17) is 5.11 Å². The maximum atomic E-state index is 9.13. The normalized spacial score (nSPS) is 31.6. The number of nitrogens with zero attached hydrogens (tertiary/aromatic N) is 1. The molecule has 2 unspecified atom stereocenters. The Labute approximate surface area is 81.1 Å². The van der Waals surface area contributed by atoms with Gasteiger partial charge in [0, 0.05) is 18.6 Å². The summed E-state index contributed by atoms with van der Waals surface area (Å²) in [5, 5.41) is 12.6. The Kier molecular flexibility index (Phi) is 4.70. The van der Waals surface area contributed by atoms with Crippen LogP contribution in [0.15, 0.2) is 0 Å². The lowest BCUT2D eigenvalue weighted by atomic mass is 10.2. The van der Waals surface area contributed by atoms with Gasteiger partial charge in [0.25, 0.3) is 0 Å². The van der Waals surface area contributed by atoms with Crippen molar-refractivity contribution in [3.63, 3.8) is 0 Å². The van der Waals surface area contributed by atoms with Crippen molar-refractivity contribution in [2.24, 2.45) is 0 Å². The fourth-order valence-corrected chi connectivity index (χ4v) is 1.95. The lowest BCUT2D eigenvalue weighted by Crippen LogP contribution is -2.42. The molecule has 1 fully saturated rings. The molecule has 78 valence electrons. The van der Waals surface area contributed by atoms with E-state index in [-0.39, 0.29) is 12.6 Å². The molecule has 0 amide bonds. The molecule has 1 aliphatic heterocycles. The lowest BCUT2D eigenvalue weighted by Gasteiger charge is -2.22. The summed E-state index contributed by atoms with van der Waals surface area (Å²) in [7, 11) is 0. The number of hydrogen-bond acceptors (Lipinski definition) is 3. The Morgan fingerprint density at radius 1 is 1.54 bits per heavy atom. The first-order valence-corrected chi connectivity index (χ1v) is 5.35. The summed E-state index contributed by atoms with van der Waals surface area (Å²) in [6, 6.07) is 0.808. The Morgan fingerprint density at radius 3 is 2.92 bits per heavy atom. The first-order chi connectivity index (χ1) is 6.26. The van der Waals surface area contributed by atoms with Crippen LogP contribution >= 0.6 is 0 Å². The molecule has 0 aromatic carbocycles. The molecule has 1 saturated heterocycles. The van der Waals surface area contributed by atoms with Gasteiger partial charge in [-0.1, -0.05) is 6.92 Å². The quantitative estimate of drug-likeness (QED) is 0.671. The van der Waals surface area contributed by atoms with Gasteiger partial charge in [-0.05, 0) is 32.9 Å². The molecule has 1 aliphatic rings. The van der Waals surface area contributed by atoms with Crippen molar-refractivity contribution in [2.75, 3.05) is 26.2 Å². The molecular weight excluding hydrogens is 164 g/mol. The molecule has 2 N–H and O–H groups in total. The van der Waals surface area contributed by atoms with Crippen LogP contribution < -0.4 is 5.32 Å². The van der Waals surface area contributed by atoms with Gasteiger partial charge in [0.15, 0.2) is 0 Å². The molecule has 0 aliphatic carbocycles. The van der Waals surface area contributed by atoms with E-state index in [0.29, 0.717) is 6.04 Å². The molecule has 0 radical (unpaired) electrons. The zero-order valence-electron chi connectivity index (χ0n) is 8.79. The molecule has 2 atom stereocenters. The van der Waals surface area contributed by atoms with Crippen molar-refractivity contribution < 1.29 is 5.11 Å². The summed E-state index contributed by atoms with van der Waals surface area (Å²) in [6.07, 6.45) is 2.39. The second kappa shape index (κ2) is 5.58. The number of nitrogens with one attached hydrogen (secondary N) is 1. The summed E-state index contributed by atoms with van der Waals surface area (Å²) < 4.78 is 0. The minimum Gasteiger partial charge on any atom is -0.395 e. The lowest BCUT2D eigenvalue weighted by molar-refractivity contribution is 0.198. The maximum absolute atomic E-state index is 9.13. The van der Waals surface area contributed by atoms with E-state index >= 15 is 0 Å². The monoisotopic (exact) mass is 186 g/mol. The van der Waals surface area contributed by atoms with Crippen LogP contribution in [0, 0.1) is 0 Å². The van der Waals surface area contributed by atoms with Crippen LogP contribution in [-0.2, 0) is 0 Å². The summed E-state index contributed by atoms with van der Waals surface area (Å²) >= 11 is 0. The minimum absolute atomic E-state index is 0.255. The SMILES string of the molecule is CCCN1CCC(C)NC(CO)C1. The number of rotatable bonds is 3. The van der Waals surface area contributed by atoms with Gasteiger partial charge in [-0.2, -0.15) is 0 Å². The molecule has 0 saturated carbocycles. The number of aliphatic hydroxyl groups excluding tert-OH is 1. The molecule has 0 bridgehead atoms. The highest BCUT2D eigenvalue weighted by molar-refractivity contribution is 4.79. The van der Waals surface area contributed by atoms with Crippen molar-refractivity contribution in [2.45, 2.75) is 38.8 Å². The third-order valence-corrected chi connectivity index (χ3v) is 2.64. The van der Waals surface area contributed by atoms with Crippen LogP contribution in [0.25, 0.3) is 0 Å². The van der Waals surface area contributed by atoms with Gasteiger partial charge in [0.1, 0.15) is 0 Å². The van der Waals surface area contributed by atoms with E-state index in [2.05, 4.69) is 24.1 Å². The Morgan fingerprint density at radius 2 is 2.31 bits per heavy atom. The van der Waals surface area contributed by atoms with Crippen LogP contribution in [0.5, 0.6) is 0 Å². The van der Waals surface area contributed by atoms with E-state index in [1.54, 1.807) is 0 Å². The van der Waals surface area contributed by atoms with Crippen LogP contribution in [0.1, 0.15) is 26.7 Å². The highest BCUT2D eigenvalue weighted by Crippen LogP contribution is 2.05. The topological polar surface area (TPSA) is 35.5 Å². The van der Waals surface area contributed by atoms with Crippen molar-refractivity contribution in [1.82, 2.24) is 10.2 Å². The van der Waals surface area contributed by atoms with Gasteiger partial charge < -0.3 is 15.3 Å². The minimum atomic E-state index is 0.255. The third kappa shape index (κ3) is 3.63. The molecule has 0 aromatic rings. The molecule has 1 heterocycles. The third-order valence-electron chi connectivity index (χ3n) is 2.64.